The highest BCUT2D eigenvalue weighted by Crippen LogP contribution is 2.16. The van der Waals surface area contributed by atoms with Gasteiger partial charge in [-0.1, -0.05) is 6.07 Å². The predicted octanol–water partition coefficient (Wildman–Crippen LogP) is 1.70. The SMILES string of the molecule is C[C@@H]1CN(CC(=O)N2CCC(OCc3ccccn3)CC2)C[C@H](C)O1. The van der Waals surface area contributed by atoms with Crippen molar-refractivity contribution in [3.05, 3.63) is 30.1 Å². The van der Waals surface area contributed by atoms with Crippen molar-refractivity contribution >= 4 is 5.91 Å². The largest absolute Gasteiger partial charge is 0.373 e. The Hall–Kier alpha value is -1.50. The van der Waals surface area contributed by atoms with Crippen LogP contribution in [0.2, 0.25) is 0 Å². The van der Waals surface area contributed by atoms with E-state index in [1.54, 1.807) is 6.20 Å². The number of piperidine rings is 1. The zero-order valence-electron chi connectivity index (χ0n) is 15.3. The minimum atomic E-state index is 0.197. The maximum atomic E-state index is 12.6. The molecule has 0 N–H and O–H groups in total. The van der Waals surface area contributed by atoms with Gasteiger partial charge in [-0.25, -0.2) is 0 Å². The van der Waals surface area contributed by atoms with Crippen LogP contribution in [0.5, 0.6) is 0 Å². The number of hydrogen-bond donors (Lipinski definition) is 0. The van der Waals surface area contributed by atoms with Gasteiger partial charge in [0, 0.05) is 32.4 Å². The van der Waals surface area contributed by atoms with Gasteiger partial charge in [-0.2, -0.15) is 0 Å². The van der Waals surface area contributed by atoms with Gasteiger partial charge in [0.25, 0.3) is 0 Å². The van der Waals surface area contributed by atoms with Crippen LogP contribution in [-0.4, -0.2) is 71.7 Å². The smallest absolute Gasteiger partial charge is 0.236 e. The van der Waals surface area contributed by atoms with Crippen molar-refractivity contribution in [2.24, 2.45) is 0 Å². The van der Waals surface area contributed by atoms with Crippen molar-refractivity contribution in [2.75, 3.05) is 32.7 Å². The molecule has 0 aliphatic carbocycles. The summed E-state index contributed by atoms with van der Waals surface area (Å²) in [7, 11) is 0. The Bertz CT molecular complexity index is 536. The lowest BCUT2D eigenvalue weighted by Gasteiger charge is -2.37. The predicted molar refractivity (Wildman–Crippen MR) is 95.1 cm³/mol. The third kappa shape index (κ3) is 5.49. The Morgan fingerprint density at radius 1 is 1.24 bits per heavy atom. The molecule has 2 aliphatic heterocycles. The molecule has 0 spiro atoms. The van der Waals surface area contributed by atoms with Gasteiger partial charge in [-0.05, 0) is 38.8 Å². The molecular weight excluding hydrogens is 318 g/mol. The Balaban J connectivity index is 1.38. The average molecular weight is 347 g/mol. The van der Waals surface area contributed by atoms with Crippen LogP contribution in [0.4, 0.5) is 0 Å². The molecule has 25 heavy (non-hydrogen) atoms. The molecule has 138 valence electrons. The maximum absolute atomic E-state index is 12.6. The fourth-order valence-corrected chi connectivity index (χ4v) is 3.66. The number of pyridine rings is 1. The minimum Gasteiger partial charge on any atom is -0.373 e. The van der Waals surface area contributed by atoms with Crippen LogP contribution in [0.25, 0.3) is 0 Å². The molecule has 0 saturated carbocycles. The molecule has 6 heteroatoms. The molecule has 0 unspecified atom stereocenters. The zero-order chi connectivity index (χ0) is 17.6. The molecule has 1 aromatic rings. The number of nitrogens with zero attached hydrogens (tertiary/aromatic N) is 3. The summed E-state index contributed by atoms with van der Waals surface area (Å²) in [5, 5.41) is 0. The standard InChI is InChI=1S/C19H29N3O3/c1-15-11-21(12-16(2)25-15)13-19(23)22-9-6-18(7-10-22)24-14-17-5-3-4-8-20-17/h3-5,8,15-16,18H,6-7,9-14H2,1-2H3/t15-,16+. The first-order valence-corrected chi connectivity index (χ1v) is 9.27. The van der Waals surface area contributed by atoms with E-state index in [9.17, 15) is 4.79 Å². The second kappa shape index (κ2) is 8.74. The monoisotopic (exact) mass is 347 g/mol. The highest BCUT2D eigenvalue weighted by atomic mass is 16.5. The summed E-state index contributed by atoms with van der Waals surface area (Å²) in [6.45, 7) is 8.40. The third-order valence-electron chi connectivity index (χ3n) is 4.84. The Kier molecular flexibility index (Phi) is 6.39. The van der Waals surface area contributed by atoms with Crippen LogP contribution in [-0.2, 0) is 20.9 Å². The van der Waals surface area contributed by atoms with Gasteiger partial charge < -0.3 is 14.4 Å². The van der Waals surface area contributed by atoms with Gasteiger partial charge in [0.2, 0.25) is 5.91 Å². The second-order valence-electron chi connectivity index (χ2n) is 7.16. The number of morpholine rings is 1. The van der Waals surface area contributed by atoms with Crippen molar-refractivity contribution in [1.82, 2.24) is 14.8 Å². The van der Waals surface area contributed by atoms with Crippen LogP contribution in [0.3, 0.4) is 0 Å². The highest BCUT2D eigenvalue weighted by Gasteiger charge is 2.28. The number of carbonyl (C=O) groups excluding carboxylic acids is 1. The van der Waals surface area contributed by atoms with E-state index < -0.39 is 0 Å². The van der Waals surface area contributed by atoms with Gasteiger partial charge in [-0.3, -0.25) is 14.7 Å². The van der Waals surface area contributed by atoms with E-state index >= 15 is 0 Å². The molecule has 0 bridgehead atoms. The first-order chi connectivity index (χ1) is 12.1. The second-order valence-corrected chi connectivity index (χ2v) is 7.16. The number of amides is 1. The van der Waals surface area contributed by atoms with Crippen molar-refractivity contribution < 1.29 is 14.3 Å². The van der Waals surface area contributed by atoms with Crippen molar-refractivity contribution in [3.8, 4) is 0 Å². The lowest BCUT2D eigenvalue weighted by molar-refractivity contribution is -0.138. The molecule has 2 fully saturated rings. The molecule has 3 heterocycles. The summed E-state index contributed by atoms with van der Waals surface area (Å²) < 4.78 is 11.7. The minimum absolute atomic E-state index is 0.197. The van der Waals surface area contributed by atoms with Crippen LogP contribution in [0.1, 0.15) is 32.4 Å². The Labute approximate surface area is 150 Å². The summed E-state index contributed by atoms with van der Waals surface area (Å²) in [6, 6.07) is 5.85. The fraction of sp³-hybridized carbons (Fsp3) is 0.684. The summed E-state index contributed by atoms with van der Waals surface area (Å²) in [4.78, 5) is 21.0. The molecule has 1 amide bonds. The Morgan fingerprint density at radius 3 is 2.60 bits per heavy atom. The molecule has 2 atom stereocenters. The fourth-order valence-electron chi connectivity index (χ4n) is 3.66. The molecule has 2 aliphatic rings. The molecule has 0 aromatic carbocycles. The van der Waals surface area contributed by atoms with Gasteiger partial charge in [-0.15, -0.1) is 0 Å². The molecule has 2 saturated heterocycles. The van der Waals surface area contributed by atoms with E-state index in [1.807, 2.05) is 23.1 Å². The summed E-state index contributed by atoms with van der Waals surface area (Å²) in [5.74, 6) is 0.226. The van der Waals surface area contributed by atoms with Crippen molar-refractivity contribution in [3.63, 3.8) is 0 Å². The molecule has 3 rings (SSSR count). The lowest BCUT2D eigenvalue weighted by atomic mass is 10.1. The quantitative estimate of drug-likeness (QED) is 0.811. The van der Waals surface area contributed by atoms with E-state index in [2.05, 4.69) is 23.7 Å². The third-order valence-corrected chi connectivity index (χ3v) is 4.84. The van der Waals surface area contributed by atoms with Crippen LogP contribution in [0, 0.1) is 0 Å². The van der Waals surface area contributed by atoms with E-state index in [1.165, 1.54) is 0 Å². The molecule has 1 aromatic heterocycles. The zero-order valence-corrected chi connectivity index (χ0v) is 15.3. The molecular formula is C19H29N3O3. The van der Waals surface area contributed by atoms with E-state index in [4.69, 9.17) is 9.47 Å². The van der Waals surface area contributed by atoms with Gasteiger partial charge in [0.05, 0.1) is 37.2 Å². The number of carbonyl (C=O) groups is 1. The summed E-state index contributed by atoms with van der Waals surface area (Å²) in [6.07, 6.45) is 4.19. The Morgan fingerprint density at radius 2 is 1.96 bits per heavy atom. The van der Waals surface area contributed by atoms with Crippen molar-refractivity contribution in [1.29, 1.82) is 0 Å². The highest BCUT2D eigenvalue weighted by molar-refractivity contribution is 5.78. The number of ether oxygens (including phenoxy) is 2. The van der Waals surface area contributed by atoms with E-state index in [0.717, 1.165) is 44.7 Å². The number of aromatic nitrogens is 1. The number of hydrogen-bond acceptors (Lipinski definition) is 5. The van der Waals surface area contributed by atoms with Crippen LogP contribution in [0.15, 0.2) is 24.4 Å². The van der Waals surface area contributed by atoms with Crippen molar-refractivity contribution in [2.45, 2.75) is 51.6 Å². The van der Waals surface area contributed by atoms with Gasteiger partial charge in [0.1, 0.15) is 0 Å². The van der Waals surface area contributed by atoms with Crippen LogP contribution >= 0.6 is 0 Å². The van der Waals surface area contributed by atoms with E-state index in [-0.39, 0.29) is 24.2 Å². The summed E-state index contributed by atoms with van der Waals surface area (Å²) in [5.41, 5.74) is 0.955. The average Bonchev–Trinajstić information content (AvgIpc) is 2.60. The molecule has 6 nitrogen and oxygen atoms in total. The topological polar surface area (TPSA) is 54.9 Å². The first kappa shape index (κ1) is 18.3. The van der Waals surface area contributed by atoms with Crippen LogP contribution < -0.4 is 0 Å². The van der Waals surface area contributed by atoms with Gasteiger partial charge in [0.15, 0.2) is 0 Å². The maximum Gasteiger partial charge on any atom is 0.236 e. The normalized spacial score (nSPS) is 25.9. The number of likely N-dealkylation sites (tertiary alicyclic amines) is 1. The van der Waals surface area contributed by atoms with E-state index in [0.29, 0.717) is 13.2 Å². The number of rotatable bonds is 5. The van der Waals surface area contributed by atoms with Gasteiger partial charge >= 0.3 is 0 Å². The molecule has 0 radical (unpaired) electrons. The summed E-state index contributed by atoms with van der Waals surface area (Å²) >= 11 is 0. The lowest BCUT2D eigenvalue weighted by Crippen LogP contribution is -2.51. The first-order valence-electron chi connectivity index (χ1n) is 9.27.